The van der Waals surface area contributed by atoms with Gasteiger partial charge in [-0.2, -0.15) is 11.8 Å². The molecule has 1 aliphatic carbocycles. The van der Waals surface area contributed by atoms with Gasteiger partial charge in [0.15, 0.2) is 0 Å². The van der Waals surface area contributed by atoms with E-state index in [9.17, 15) is 5.11 Å². The molecule has 1 aliphatic rings. The van der Waals surface area contributed by atoms with E-state index in [1.165, 1.54) is 25.0 Å². The highest BCUT2D eigenvalue weighted by Gasteiger charge is 2.41. The van der Waals surface area contributed by atoms with Gasteiger partial charge in [0.25, 0.3) is 0 Å². The van der Waals surface area contributed by atoms with Crippen molar-refractivity contribution in [2.24, 2.45) is 5.92 Å². The molecule has 0 aliphatic heterocycles. The number of ether oxygens (including phenoxy) is 1. The van der Waals surface area contributed by atoms with Gasteiger partial charge in [-0.15, -0.1) is 0 Å². The Morgan fingerprint density at radius 2 is 2.28 bits per heavy atom. The van der Waals surface area contributed by atoms with E-state index in [0.29, 0.717) is 12.5 Å². The fourth-order valence-corrected chi connectivity index (χ4v) is 3.85. The van der Waals surface area contributed by atoms with Crippen LogP contribution in [0.4, 0.5) is 0 Å². The topological polar surface area (TPSA) is 41.5 Å². The fraction of sp³-hybridized carbons (Fsp3) is 1.00. The first-order valence-corrected chi connectivity index (χ1v) is 8.37. The fourth-order valence-electron chi connectivity index (χ4n) is 2.91. The average Bonchev–Trinajstić information content (AvgIpc) is 2.80. The van der Waals surface area contributed by atoms with Crippen LogP contribution in [0, 0.1) is 5.92 Å². The summed E-state index contributed by atoms with van der Waals surface area (Å²) in [5.74, 6) is 2.91. The summed E-state index contributed by atoms with van der Waals surface area (Å²) in [6.07, 6.45) is 6.01. The first-order chi connectivity index (χ1) is 8.79. The molecule has 0 heterocycles. The van der Waals surface area contributed by atoms with Crippen molar-refractivity contribution in [1.82, 2.24) is 5.32 Å². The summed E-state index contributed by atoms with van der Waals surface area (Å²) >= 11 is 1.97. The number of rotatable bonds is 10. The summed E-state index contributed by atoms with van der Waals surface area (Å²) < 4.78 is 5.06. The van der Waals surface area contributed by atoms with Crippen molar-refractivity contribution >= 4 is 11.8 Å². The van der Waals surface area contributed by atoms with Crippen LogP contribution >= 0.6 is 11.8 Å². The van der Waals surface area contributed by atoms with E-state index in [4.69, 9.17) is 4.74 Å². The zero-order chi connectivity index (χ0) is 13.3. The molecule has 0 amide bonds. The summed E-state index contributed by atoms with van der Waals surface area (Å²) in [5.41, 5.74) is 0.0117. The molecular formula is C14H29NO2S. The molecule has 0 spiro atoms. The second-order valence-electron chi connectivity index (χ2n) is 5.22. The number of methoxy groups -OCH3 is 1. The lowest BCUT2D eigenvalue weighted by atomic mass is 9.85. The quantitative estimate of drug-likeness (QED) is 0.600. The maximum atomic E-state index is 9.77. The van der Waals surface area contributed by atoms with Crippen LogP contribution in [0.25, 0.3) is 0 Å². The van der Waals surface area contributed by atoms with Crippen LogP contribution in [0.3, 0.4) is 0 Å². The smallest absolute Gasteiger partial charge is 0.0616 e. The van der Waals surface area contributed by atoms with E-state index in [0.717, 1.165) is 31.7 Å². The van der Waals surface area contributed by atoms with Crippen LogP contribution in [0.2, 0.25) is 0 Å². The van der Waals surface area contributed by atoms with Gasteiger partial charge in [0.05, 0.1) is 13.2 Å². The van der Waals surface area contributed by atoms with Crippen LogP contribution in [-0.2, 0) is 4.74 Å². The third kappa shape index (κ3) is 4.72. The lowest BCUT2D eigenvalue weighted by Gasteiger charge is -2.35. The van der Waals surface area contributed by atoms with E-state index in [1.54, 1.807) is 7.11 Å². The van der Waals surface area contributed by atoms with Crippen molar-refractivity contribution in [2.45, 2.75) is 44.6 Å². The van der Waals surface area contributed by atoms with Gasteiger partial charge in [0.1, 0.15) is 0 Å². The third-order valence-electron chi connectivity index (χ3n) is 4.01. The molecule has 0 saturated heterocycles. The van der Waals surface area contributed by atoms with Gasteiger partial charge in [0.2, 0.25) is 0 Å². The third-order valence-corrected chi connectivity index (χ3v) is 4.99. The second-order valence-corrected chi connectivity index (χ2v) is 6.45. The molecule has 1 rings (SSSR count). The highest BCUT2D eigenvalue weighted by molar-refractivity contribution is 7.99. The van der Waals surface area contributed by atoms with E-state index in [2.05, 4.69) is 12.2 Å². The minimum atomic E-state index is 0.0117. The Morgan fingerprint density at radius 3 is 2.94 bits per heavy atom. The molecule has 0 aromatic heterocycles. The SMILES string of the molecule is CCCNC1(CO)CCCC1CCSCCOC. The van der Waals surface area contributed by atoms with Crippen molar-refractivity contribution in [3.63, 3.8) is 0 Å². The summed E-state index contributed by atoms with van der Waals surface area (Å²) in [6.45, 7) is 4.34. The molecule has 18 heavy (non-hydrogen) atoms. The molecular weight excluding hydrogens is 246 g/mol. The standard InChI is InChI=1S/C14H29NO2S/c1-3-8-15-14(12-16)7-4-5-13(14)6-10-18-11-9-17-2/h13,15-16H,3-12H2,1-2H3. The number of hydrogen-bond donors (Lipinski definition) is 2. The van der Waals surface area contributed by atoms with E-state index >= 15 is 0 Å². The molecule has 0 bridgehead atoms. The Morgan fingerprint density at radius 1 is 1.44 bits per heavy atom. The minimum absolute atomic E-state index is 0.0117. The maximum Gasteiger partial charge on any atom is 0.0616 e. The molecule has 108 valence electrons. The van der Waals surface area contributed by atoms with Crippen LogP contribution in [0.1, 0.15) is 39.0 Å². The van der Waals surface area contributed by atoms with Crippen molar-refractivity contribution in [2.75, 3.05) is 38.4 Å². The van der Waals surface area contributed by atoms with Gasteiger partial charge < -0.3 is 15.2 Å². The monoisotopic (exact) mass is 275 g/mol. The van der Waals surface area contributed by atoms with Crippen molar-refractivity contribution < 1.29 is 9.84 Å². The first kappa shape index (κ1) is 16.3. The van der Waals surface area contributed by atoms with E-state index < -0.39 is 0 Å². The summed E-state index contributed by atoms with van der Waals surface area (Å²) in [6, 6.07) is 0. The van der Waals surface area contributed by atoms with E-state index in [-0.39, 0.29) is 5.54 Å². The molecule has 0 aromatic carbocycles. The molecule has 2 atom stereocenters. The molecule has 2 N–H and O–H groups in total. The zero-order valence-corrected chi connectivity index (χ0v) is 12.7. The van der Waals surface area contributed by atoms with Crippen molar-refractivity contribution in [3.8, 4) is 0 Å². The molecule has 0 radical (unpaired) electrons. The lowest BCUT2D eigenvalue weighted by Crippen LogP contribution is -2.51. The van der Waals surface area contributed by atoms with Gasteiger partial charge >= 0.3 is 0 Å². The van der Waals surface area contributed by atoms with Gasteiger partial charge in [0, 0.05) is 18.4 Å². The Labute approximate surface area is 116 Å². The van der Waals surface area contributed by atoms with Gasteiger partial charge in [-0.1, -0.05) is 13.3 Å². The zero-order valence-electron chi connectivity index (χ0n) is 11.9. The van der Waals surface area contributed by atoms with Crippen LogP contribution in [0.15, 0.2) is 0 Å². The normalized spacial score (nSPS) is 27.8. The Balaban J connectivity index is 2.32. The van der Waals surface area contributed by atoms with Crippen LogP contribution in [-0.4, -0.2) is 49.0 Å². The van der Waals surface area contributed by atoms with Gasteiger partial charge in [-0.3, -0.25) is 0 Å². The van der Waals surface area contributed by atoms with E-state index in [1.807, 2.05) is 11.8 Å². The summed E-state index contributed by atoms with van der Waals surface area (Å²) in [4.78, 5) is 0. The number of aliphatic hydroxyl groups excluding tert-OH is 1. The first-order valence-electron chi connectivity index (χ1n) is 7.21. The molecule has 1 fully saturated rings. The lowest BCUT2D eigenvalue weighted by molar-refractivity contribution is 0.122. The van der Waals surface area contributed by atoms with Gasteiger partial charge in [-0.05, 0) is 43.9 Å². The minimum Gasteiger partial charge on any atom is -0.394 e. The van der Waals surface area contributed by atoms with Crippen molar-refractivity contribution in [1.29, 1.82) is 0 Å². The Hall–Kier alpha value is 0.230. The highest BCUT2D eigenvalue weighted by atomic mass is 32.2. The number of nitrogens with one attached hydrogen (secondary N) is 1. The second kappa shape index (κ2) is 9.18. The molecule has 2 unspecified atom stereocenters. The molecule has 3 nitrogen and oxygen atoms in total. The Bertz CT molecular complexity index is 216. The average molecular weight is 275 g/mol. The maximum absolute atomic E-state index is 9.77. The number of hydrogen-bond acceptors (Lipinski definition) is 4. The summed E-state index contributed by atoms with van der Waals surface area (Å²) in [7, 11) is 1.75. The number of aliphatic hydroxyl groups is 1. The highest BCUT2D eigenvalue weighted by Crippen LogP contribution is 2.38. The van der Waals surface area contributed by atoms with Crippen molar-refractivity contribution in [3.05, 3.63) is 0 Å². The predicted molar refractivity (Wildman–Crippen MR) is 79.3 cm³/mol. The number of thioether (sulfide) groups is 1. The largest absolute Gasteiger partial charge is 0.394 e. The predicted octanol–water partition coefficient (Wildman–Crippen LogP) is 2.29. The molecule has 4 heteroatoms. The van der Waals surface area contributed by atoms with Crippen LogP contribution < -0.4 is 5.32 Å². The Kier molecular flexibility index (Phi) is 8.31. The van der Waals surface area contributed by atoms with Crippen LogP contribution in [0.5, 0.6) is 0 Å². The summed E-state index contributed by atoms with van der Waals surface area (Å²) in [5, 5.41) is 13.4. The molecule has 1 saturated carbocycles. The van der Waals surface area contributed by atoms with Gasteiger partial charge in [-0.25, -0.2) is 0 Å². The molecule has 0 aromatic rings.